The highest BCUT2D eigenvalue weighted by Crippen LogP contribution is 2.16. The summed E-state index contributed by atoms with van der Waals surface area (Å²) >= 11 is 0. The lowest BCUT2D eigenvalue weighted by molar-refractivity contribution is -0.130. The fourth-order valence-corrected chi connectivity index (χ4v) is 0.999. The summed E-state index contributed by atoms with van der Waals surface area (Å²) in [7, 11) is 0. The van der Waals surface area contributed by atoms with Crippen molar-refractivity contribution in [3.63, 3.8) is 0 Å². The number of amides is 1. The van der Waals surface area contributed by atoms with E-state index < -0.39 is 0 Å². The summed E-state index contributed by atoms with van der Waals surface area (Å²) < 4.78 is 0. The van der Waals surface area contributed by atoms with Crippen molar-refractivity contribution in [2.24, 2.45) is 16.8 Å². The Kier molecular flexibility index (Phi) is 1.89. The molecule has 1 rings (SSSR count). The normalized spacial score (nSPS) is 26.7. The molecule has 1 aliphatic heterocycles. The van der Waals surface area contributed by atoms with Gasteiger partial charge in [0.1, 0.15) is 6.34 Å². The van der Waals surface area contributed by atoms with Crippen LogP contribution in [0, 0.1) is 5.92 Å². The minimum absolute atomic E-state index is 0.0710. The molecule has 1 atom stereocenters. The lowest BCUT2D eigenvalue weighted by Gasteiger charge is -2.06. The zero-order valence-corrected chi connectivity index (χ0v) is 5.95. The molecule has 0 aliphatic carbocycles. The first-order valence-electron chi connectivity index (χ1n) is 3.31. The second kappa shape index (κ2) is 2.68. The molecule has 0 bridgehead atoms. The quantitative estimate of drug-likeness (QED) is 0.404. The Hall–Kier alpha value is -1.06. The van der Waals surface area contributed by atoms with Gasteiger partial charge in [0.15, 0.2) is 0 Å². The van der Waals surface area contributed by atoms with E-state index in [1.165, 1.54) is 5.01 Å². The highest BCUT2D eigenvalue weighted by molar-refractivity contribution is 5.80. The third kappa shape index (κ3) is 1.10. The van der Waals surface area contributed by atoms with Crippen LogP contribution in [0.15, 0.2) is 5.10 Å². The molecule has 0 aromatic rings. The molecule has 1 aliphatic rings. The van der Waals surface area contributed by atoms with E-state index in [0.29, 0.717) is 6.54 Å². The first-order chi connectivity index (χ1) is 4.75. The summed E-state index contributed by atoms with van der Waals surface area (Å²) in [6.45, 7) is 2.60. The van der Waals surface area contributed by atoms with Crippen molar-refractivity contribution in [2.45, 2.75) is 13.3 Å². The van der Waals surface area contributed by atoms with Gasteiger partial charge in [-0.15, -0.1) is 0 Å². The van der Waals surface area contributed by atoms with E-state index >= 15 is 0 Å². The molecule has 10 heavy (non-hydrogen) atoms. The van der Waals surface area contributed by atoms with Gasteiger partial charge in [0.25, 0.3) is 0 Å². The van der Waals surface area contributed by atoms with Crippen LogP contribution in [0.5, 0.6) is 0 Å². The highest BCUT2D eigenvalue weighted by Gasteiger charge is 2.27. The van der Waals surface area contributed by atoms with Crippen LogP contribution in [0.2, 0.25) is 0 Å². The minimum atomic E-state index is 0.0710. The standard InChI is InChI=1S/C6H11N3O/c1-5-2-3-9(6(5)10)8-4-7/h4-5H,2-3H2,1H3,(H2,7,8). The molecule has 4 nitrogen and oxygen atoms in total. The van der Waals surface area contributed by atoms with E-state index in [-0.39, 0.29) is 11.8 Å². The van der Waals surface area contributed by atoms with Crippen LogP contribution in [-0.2, 0) is 4.79 Å². The van der Waals surface area contributed by atoms with Crippen molar-refractivity contribution in [1.29, 1.82) is 0 Å². The maximum Gasteiger partial charge on any atom is 0.245 e. The van der Waals surface area contributed by atoms with E-state index in [0.717, 1.165) is 12.8 Å². The molecule has 0 spiro atoms. The first kappa shape index (κ1) is 7.05. The first-order valence-corrected chi connectivity index (χ1v) is 3.31. The van der Waals surface area contributed by atoms with Crippen molar-refractivity contribution >= 4 is 12.2 Å². The molecular formula is C6H11N3O. The van der Waals surface area contributed by atoms with Crippen molar-refractivity contribution in [2.75, 3.05) is 6.54 Å². The van der Waals surface area contributed by atoms with Gasteiger partial charge in [-0.2, -0.15) is 5.10 Å². The number of carbonyl (C=O) groups excluding carboxylic acids is 1. The number of carbonyl (C=O) groups is 1. The summed E-state index contributed by atoms with van der Waals surface area (Å²) in [5.74, 6) is 0.186. The van der Waals surface area contributed by atoms with Gasteiger partial charge in [-0.05, 0) is 6.42 Å². The van der Waals surface area contributed by atoms with Crippen LogP contribution in [0.1, 0.15) is 13.3 Å². The van der Waals surface area contributed by atoms with E-state index in [4.69, 9.17) is 5.73 Å². The maximum absolute atomic E-state index is 11.1. The average Bonchev–Trinajstić information content (AvgIpc) is 2.20. The van der Waals surface area contributed by atoms with Gasteiger partial charge in [-0.25, -0.2) is 5.01 Å². The Morgan fingerprint density at radius 3 is 3.00 bits per heavy atom. The maximum atomic E-state index is 11.1. The smallest absolute Gasteiger partial charge is 0.245 e. The molecule has 2 N–H and O–H groups in total. The number of hydrazone groups is 1. The summed E-state index contributed by atoms with van der Waals surface area (Å²) in [6.07, 6.45) is 2.03. The molecule has 1 saturated heterocycles. The van der Waals surface area contributed by atoms with E-state index in [2.05, 4.69) is 5.10 Å². The van der Waals surface area contributed by atoms with Crippen LogP contribution in [0.3, 0.4) is 0 Å². The van der Waals surface area contributed by atoms with Crippen LogP contribution in [-0.4, -0.2) is 23.8 Å². The molecule has 0 aromatic heterocycles. The zero-order valence-electron chi connectivity index (χ0n) is 5.95. The van der Waals surface area contributed by atoms with Crippen LogP contribution >= 0.6 is 0 Å². The number of nitrogens with two attached hydrogens (primary N) is 1. The van der Waals surface area contributed by atoms with Gasteiger partial charge in [0.2, 0.25) is 5.91 Å². The van der Waals surface area contributed by atoms with E-state index in [9.17, 15) is 4.79 Å². The molecule has 56 valence electrons. The summed E-state index contributed by atoms with van der Waals surface area (Å²) in [6, 6.07) is 0. The summed E-state index contributed by atoms with van der Waals surface area (Å²) in [4.78, 5) is 11.1. The molecule has 1 fully saturated rings. The van der Waals surface area contributed by atoms with Crippen LogP contribution in [0.4, 0.5) is 0 Å². The molecule has 1 heterocycles. The minimum Gasteiger partial charge on any atom is -0.388 e. The van der Waals surface area contributed by atoms with Crippen molar-refractivity contribution in [3.05, 3.63) is 0 Å². The predicted octanol–water partition coefficient (Wildman–Crippen LogP) is -0.243. The third-order valence-corrected chi connectivity index (χ3v) is 1.66. The number of hydrogen-bond acceptors (Lipinski definition) is 2. The topological polar surface area (TPSA) is 58.7 Å². The molecule has 1 amide bonds. The lowest BCUT2D eigenvalue weighted by atomic mass is 10.1. The summed E-state index contributed by atoms with van der Waals surface area (Å²) in [5, 5.41) is 5.10. The van der Waals surface area contributed by atoms with Gasteiger partial charge in [0.05, 0.1) is 0 Å². The number of rotatable bonds is 1. The molecule has 1 unspecified atom stereocenters. The predicted molar refractivity (Wildman–Crippen MR) is 38.2 cm³/mol. The molecule has 4 heteroatoms. The molecule has 0 radical (unpaired) electrons. The molecular weight excluding hydrogens is 130 g/mol. The van der Waals surface area contributed by atoms with Crippen LogP contribution in [0.25, 0.3) is 0 Å². The third-order valence-electron chi connectivity index (χ3n) is 1.66. The fourth-order valence-electron chi connectivity index (χ4n) is 0.999. The van der Waals surface area contributed by atoms with Gasteiger partial charge in [0, 0.05) is 12.5 Å². The largest absolute Gasteiger partial charge is 0.388 e. The second-order valence-corrected chi connectivity index (χ2v) is 2.42. The SMILES string of the molecule is CC1CCN(/N=C/N)C1=O. The lowest BCUT2D eigenvalue weighted by Crippen LogP contribution is -2.21. The van der Waals surface area contributed by atoms with E-state index in [1.807, 2.05) is 6.92 Å². The fraction of sp³-hybridized carbons (Fsp3) is 0.667. The Morgan fingerprint density at radius 1 is 1.90 bits per heavy atom. The Morgan fingerprint density at radius 2 is 2.60 bits per heavy atom. The number of nitrogens with zero attached hydrogens (tertiary/aromatic N) is 2. The number of hydrogen-bond donors (Lipinski definition) is 1. The Labute approximate surface area is 59.7 Å². The Balaban J connectivity index is 2.57. The van der Waals surface area contributed by atoms with Gasteiger partial charge in [-0.1, -0.05) is 6.92 Å². The monoisotopic (exact) mass is 141 g/mol. The molecule has 0 saturated carbocycles. The zero-order chi connectivity index (χ0) is 7.56. The van der Waals surface area contributed by atoms with E-state index in [1.54, 1.807) is 0 Å². The van der Waals surface area contributed by atoms with Crippen LogP contribution < -0.4 is 5.73 Å². The van der Waals surface area contributed by atoms with Gasteiger partial charge in [-0.3, -0.25) is 4.79 Å². The summed E-state index contributed by atoms with van der Waals surface area (Å²) in [5.41, 5.74) is 5.03. The second-order valence-electron chi connectivity index (χ2n) is 2.42. The van der Waals surface area contributed by atoms with Crippen molar-refractivity contribution in [1.82, 2.24) is 5.01 Å². The Bertz CT molecular complexity index is 166. The van der Waals surface area contributed by atoms with Gasteiger partial charge >= 0.3 is 0 Å². The molecule has 0 aromatic carbocycles. The average molecular weight is 141 g/mol. The highest BCUT2D eigenvalue weighted by atomic mass is 16.2. The van der Waals surface area contributed by atoms with Crippen molar-refractivity contribution < 1.29 is 4.79 Å². The van der Waals surface area contributed by atoms with Gasteiger partial charge < -0.3 is 5.73 Å². The van der Waals surface area contributed by atoms with Crippen molar-refractivity contribution in [3.8, 4) is 0 Å².